The van der Waals surface area contributed by atoms with Crippen LogP contribution in [0.4, 0.5) is 4.39 Å². The quantitative estimate of drug-likeness (QED) is 0.850. The zero-order valence-electron chi connectivity index (χ0n) is 12.9. The van der Waals surface area contributed by atoms with Crippen molar-refractivity contribution < 1.29 is 18.7 Å². The molecule has 1 aromatic carbocycles. The molecule has 8 heteroatoms. The number of amides is 1. The molecule has 2 aromatic rings. The fourth-order valence-electron chi connectivity index (χ4n) is 2.45. The molecule has 1 aromatic heterocycles. The molecule has 3 rings (SSSR count). The standard InChI is InChI=1S/C16H15ClFN3O3/c1-23-15-5-4-13(19-20-15)16(22)21-6-7-24-14(9-21)10-2-3-12(18)11(17)8-10/h2-5,8,14H,6-7,9H2,1H3. The molecule has 1 unspecified atom stereocenters. The van der Waals surface area contributed by atoms with Crippen LogP contribution in [0.1, 0.15) is 22.2 Å². The van der Waals surface area contributed by atoms with Crippen LogP contribution in [-0.4, -0.2) is 47.8 Å². The molecule has 6 nitrogen and oxygen atoms in total. The molecular weight excluding hydrogens is 337 g/mol. The Kier molecular flexibility index (Phi) is 4.92. The first-order valence-electron chi connectivity index (χ1n) is 7.32. The number of carbonyl (C=O) groups is 1. The van der Waals surface area contributed by atoms with Gasteiger partial charge in [0.1, 0.15) is 11.9 Å². The van der Waals surface area contributed by atoms with Crippen LogP contribution in [0.3, 0.4) is 0 Å². The Labute approximate surface area is 143 Å². The summed E-state index contributed by atoms with van der Waals surface area (Å²) in [7, 11) is 1.48. The molecule has 1 aliphatic rings. The van der Waals surface area contributed by atoms with Gasteiger partial charge in [0.05, 0.1) is 25.3 Å². The zero-order chi connectivity index (χ0) is 17.1. The second kappa shape index (κ2) is 7.11. The van der Waals surface area contributed by atoms with E-state index in [0.29, 0.717) is 25.6 Å². The molecule has 0 radical (unpaired) electrons. The van der Waals surface area contributed by atoms with E-state index in [2.05, 4.69) is 10.2 Å². The number of carbonyl (C=O) groups excluding carboxylic acids is 1. The Bertz CT molecular complexity index is 742. The van der Waals surface area contributed by atoms with Gasteiger partial charge < -0.3 is 14.4 Å². The maximum atomic E-state index is 13.3. The van der Waals surface area contributed by atoms with E-state index in [0.717, 1.165) is 5.56 Å². The fourth-order valence-corrected chi connectivity index (χ4v) is 2.64. The maximum absolute atomic E-state index is 13.3. The molecule has 0 N–H and O–H groups in total. The van der Waals surface area contributed by atoms with Crippen LogP contribution < -0.4 is 4.74 Å². The van der Waals surface area contributed by atoms with Crippen LogP contribution in [-0.2, 0) is 4.74 Å². The van der Waals surface area contributed by atoms with Crippen molar-refractivity contribution in [2.45, 2.75) is 6.10 Å². The van der Waals surface area contributed by atoms with Gasteiger partial charge in [-0.1, -0.05) is 17.7 Å². The number of benzene rings is 1. The number of methoxy groups -OCH3 is 1. The highest BCUT2D eigenvalue weighted by Crippen LogP contribution is 2.26. The van der Waals surface area contributed by atoms with Gasteiger partial charge in [-0.2, -0.15) is 0 Å². The first-order valence-corrected chi connectivity index (χ1v) is 7.70. The highest BCUT2D eigenvalue weighted by Gasteiger charge is 2.27. The van der Waals surface area contributed by atoms with E-state index in [1.165, 1.54) is 19.2 Å². The van der Waals surface area contributed by atoms with Crippen LogP contribution in [0.2, 0.25) is 5.02 Å². The van der Waals surface area contributed by atoms with E-state index in [1.54, 1.807) is 23.1 Å². The first-order chi connectivity index (χ1) is 11.6. The first kappa shape index (κ1) is 16.6. The van der Waals surface area contributed by atoms with E-state index in [-0.39, 0.29) is 22.7 Å². The number of nitrogens with zero attached hydrogens (tertiary/aromatic N) is 3. The monoisotopic (exact) mass is 351 g/mol. The Morgan fingerprint density at radius 3 is 2.88 bits per heavy atom. The minimum atomic E-state index is -0.488. The molecule has 0 spiro atoms. The van der Waals surface area contributed by atoms with Crippen LogP contribution in [0.25, 0.3) is 0 Å². The van der Waals surface area contributed by atoms with Crippen LogP contribution in [0, 0.1) is 5.82 Å². The van der Waals surface area contributed by atoms with Crippen molar-refractivity contribution in [1.82, 2.24) is 15.1 Å². The molecule has 1 amide bonds. The number of rotatable bonds is 3. The van der Waals surface area contributed by atoms with Gasteiger partial charge in [-0.15, -0.1) is 10.2 Å². The average Bonchev–Trinajstić information content (AvgIpc) is 2.63. The van der Waals surface area contributed by atoms with Crippen molar-refractivity contribution in [2.24, 2.45) is 0 Å². The van der Waals surface area contributed by atoms with Gasteiger partial charge in [-0.25, -0.2) is 4.39 Å². The topological polar surface area (TPSA) is 64.5 Å². The molecule has 0 aliphatic carbocycles. The van der Waals surface area contributed by atoms with Crippen molar-refractivity contribution in [3.63, 3.8) is 0 Å². The lowest BCUT2D eigenvalue weighted by Gasteiger charge is -2.33. The minimum absolute atomic E-state index is 0.0283. The second-order valence-electron chi connectivity index (χ2n) is 5.25. The Balaban J connectivity index is 1.74. The summed E-state index contributed by atoms with van der Waals surface area (Å²) in [6.45, 7) is 1.14. The largest absolute Gasteiger partial charge is 0.480 e. The van der Waals surface area contributed by atoms with Gasteiger partial charge in [-0.05, 0) is 23.8 Å². The molecule has 2 heterocycles. The molecule has 0 bridgehead atoms. The summed E-state index contributed by atoms with van der Waals surface area (Å²) < 4.78 is 23.9. The van der Waals surface area contributed by atoms with Gasteiger partial charge in [-0.3, -0.25) is 4.79 Å². The molecule has 1 fully saturated rings. The summed E-state index contributed by atoms with van der Waals surface area (Å²) in [6.07, 6.45) is -0.369. The SMILES string of the molecule is COc1ccc(C(=O)N2CCOC(c3ccc(F)c(Cl)c3)C2)nn1. The van der Waals surface area contributed by atoms with Gasteiger partial charge in [0.15, 0.2) is 5.69 Å². The molecule has 24 heavy (non-hydrogen) atoms. The summed E-state index contributed by atoms with van der Waals surface area (Å²) in [5, 5.41) is 7.70. The van der Waals surface area contributed by atoms with Crippen LogP contribution in [0.15, 0.2) is 30.3 Å². The molecule has 1 aliphatic heterocycles. The van der Waals surface area contributed by atoms with Crippen molar-refractivity contribution in [3.8, 4) is 5.88 Å². The summed E-state index contributed by atoms with van der Waals surface area (Å²) in [4.78, 5) is 14.2. The van der Waals surface area contributed by atoms with Crippen molar-refractivity contribution in [2.75, 3.05) is 26.8 Å². The summed E-state index contributed by atoms with van der Waals surface area (Å²) in [5.41, 5.74) is 0.952. The van der Waals surface area contributed by atoms with Crippen molar-refractivity contribution in [1.29, 1.82) is 0 Å². The highest BCUT2D eigenvalue weighted by atomic mass is 35.5. The van der Waals surface area contributed by atoms with E-state index in [4.69, 9.17) is 21.1 Å². The predicted octanol–water partition coefficient (Wildman–Crippen LogP) is 2.49. The van der Waals surface area contributed by atoms with E-state index < -0.39 is 5.82 Å². The smallest absolute Gasteiger partial charge is 0.274 e. The third-order valence-electron chi connectivity index (χ3n) is 3.74. The zero-order valence-corrected chi connectivity index (χ0v) is 13.7. The summed E-state index contributed by atoms with van der Waals surface area (Å²) in [5.74, 6) is -0.392. The summed E-state index contributed by atoms with van der Waals surface area (Å²) in [6, 6.07) is 7.55. The molecule has 126 valence electrons. The van der Waals surface area contributed by atoms with Crippen molar-refractivity contribution >= 4 is 17.5 Å². The molecule has 0 saturated carbocycles. The Hall–Kier alpha value is -2.25. The minimum Gasteiger partial charge on any atom is -0.480 e. The number of aromatic nitrogens is 2. The fraction of sp³-hybridized carbons (Fsp3) is 0.312. The number of morpholine rings is 1. The maximum Gasteiger partial charge on any atom is 0.274 e. The van der Waals surface area contributed by atoms with Gasteiger partial charge in [0, 0.05) is 12.6 Å². The second-order valence-corrected chi connectivity index (χ2v) is 5.65. The number of hydrogen-bond acceptors (Lipinski definition) is 5. The lowest BCUT2D eigenvalue weighted by atomic mass is 10.1. The third kappa shape index (κ3) is 3.47. The molecule has 1 atom stereocenters. The Morgan fingerprint density at radius 2 is 2.21 bits per heavy atom. The average molecular weight is 352 g/mol. The predicted molar refractivity (Wildman–Crippen MR) is 84.6 cm³/mol. The lowest BCUT2D eigenvalue weighted by Crippen LogP contribution is -2.42. The third-order valence-corrected chi connectivity index (χ3v) is 4.03. The van der Waals surface area contributed by atoms with Crippen molar-refractivity contribution in [3.05, 3.63) is 52.4 Å². The normalized spacial score (nSPS) is 17.6. The Morgan fingerprint density at radius 1 is 1.38 bits per heavy atom. The van der Waals surface area contributed by atoms with Crippen LogP contribution >= 0.6 is 11.6 Å². The molecular formula is C16H15ClFN3O3. The van der Waals surface area contributed by atoms with E-state index >= 15 is 0 Å². The van der Waals surface area contributed by atoms with Gasteiger partial charge >= 0.3 is 0 Å². The van der Waals surface area contributed by atoms with E-state index in [9.17, 15) is 9.18 Å². The lowest BCUT2D eigenvalue weighted by molar-refractivity contribution is -0.0230. The van der Waals surface area contributed by atoms with Gasteiger partial charge in [0.25, 0.3) is 5.91 Å². The van der Waals surface area contributed by atoms with Gasteiger partial charge in [0.2, 0.25) is 5.88 Å². The molecule has 1 saturated heterocycles. The number of halogens is 2. The summed E-state index contributed by atoms with van der Waals surface area (Å²) >= 11 is 5.82. The van der Waals surface area contributed by atoms with Crippen LogP contribution in [0.5, 0.6) is 5.88 Å². The highest BCUT2D eigenvalue weighted by molar-refractivity contribution is 6.30. The van der Waals surface area contributed by atoms with E-state index in [1.807, 2.05) is 0 Å². The number of hydrogen-bond donors (Lipinski definition) is 0. The number of ether oxygens (including phenoxy) is 2.